The van der Waals surface area contributed by atoms with Crippen LogP contribution in [0.15, 0.2) is 0 Å². The molecule has 9 heteroatoms. The zero-order chi connectivity index (χ0) is 23.6. The minimum Gasteiger partial charge on any atom is -0.392 e. The molecule has 188 valence electrons. The average Bonchev–Trinajstić information content (AvgIpc) is 2.79. The van der Waals surface area contributed by atoms with E-state index < -0.39 is 28.6 Å². The minimum absolute atomic E-state index is 0.0614. The maximum Gasteiger partial charge on any atom is 0.246 e. The summed E-state index contributed by atoms with van der Waals surface area (Å²) >= 11 is 5.91. The molecular formula is C24H39ClFN3O4. The van der Waals surface area contributed by atoms with E-state index in [-0.39, 0.29) is 37.0 Å². The highest BCUT2D eigenvalue weighted by molar-refractivity contribution is 6.21. The summed E-state index contributed by atoms with van der Waals surface area (Å²) in [7, 11) is 0. The molecule has 0 aromatic rings. The molecule has 6 atom stereocenters. The lowest BCUT2D eigenvalue weighted by Gasteiger charge is -2.55. The Kier molecular flexibility index (Phi) is 7.88. The first-order valence-corrected chi connectivity index (χ1v) is 13.1. The van der Waals surface area contributed by atoms with Gasteiger partial charge in [-0.3, -0.25) is 9.59 Å². The Balaban J connectivity index is 1.24. The molecule has 1 aliphatic heterocycles. The van der Waals surface area contributed by atoms with E-state index in [0.29, 0.717) is 57.4 Å². The van der Waals surface area contributed by atoms with Crippen molar-refractivity contribution in [2.75, 3.05) is 19.7 Å². The van der Waals surface area contributed by atoms with Crippen LogP contribution in [0.5, 0.6) is 0 Å². The number of carbonyl (C=O) groups excluding carboxylic acids is 2. The summed E-state index contributed by atoms with van der Waals surface area (Å²) in [5.41, 5.74) is -1.27. The molecule has 7 nitrogen and oxygen atoms in total. The number of aliphatic hydroxyl groups excluding tert-OH is 1. The molecule has 2 bridgehead atoms. The van der Waals surface area contributed by atoms with Crippen molar-refractivity contribution in [2.45, 2.75) is 106 Å². The number of amides is 2. The van der Waals surface area contributed by atoms with Crippen molar-refractivity contribution in [1.29, 1.82) is 0 Å². The second-order valence-electron chi connectivity index (χ2n) is 11.0. The molecule has 1 heterocycles. The van der Waals surface area contributed by atoms with E-state index in [1.807, 2.05) is 0 Å². The molecule has 0 spiro atoms. The third-order valence-electron chi connectivity index (χ3n) is 8.54. The number of piperidine rings is 1. The fourth-order valence-corrected chi connectivity index (χ4v) is 6.55. The highest BCUT2D eigenvalue weighted by Gasteiger charge is 2.58. The highest BCUT2D eigenvalue weighted by atomic mass is 35.5. The molecule has 0 aromatic carbocycles. The molecule has 2 amide bonds. The Hall–Kier alpha value is -0.960. The minimum atomic E-state index is -1.10. The summed E-state index contributed by atoms with van der Waals surface area (Å²) in [5.74, 6) is 0.346. The quantitative estimate of drug-likeness (QED) is 0.412. The number of rotatable bonds is 7. The number of hydrogen-bond donors (Lipinski definition) is 4. The van der Waals surface area contributed by atoms with Gasteiger partial charge in [-0.25, -0.2) is 4.39 Å². The molecule has 5 aliphatic rings. The second-order valence-corrected chi connectivity index (χ2v) is 11.5. The van der Waals surface area contributed by atoms with Gasteiger partial charge >= 0.3 is 0 Å². The lowest BCUT2D eigenvalue weighted by Crippen LogP contribution is -2.66. The van der Waals surface area contributed by atoms with E-state index in [9.17, 15) is 19.1 Å². The fraction of sp³-hybridized carbons (Fsp3) is 0.917. The van der Waals surface area contributed by atoms with Crippen LogP contribution in [0.2, 0.25) is 0 Å². The Bertz CT molecular complexity index is 718. The monoisotopic (exact) mass is 487 g/mol. The number of aliphatic hydroxyl groups is 1. The zero-order valence-corrected chi connectivity index (χ0v) is 20.3. The summed E-state index contributed by atoms with van der Waals surface area (Å²) < 4.78 is 19.4. The number of hydrogen-bond acceptors (Lipinski definition) is 5. The molecule has 4 saturated carbocycles. The largest absolute Gasteiger partial charge is 0.392 e. The maximum absolute atomic E-state index is 13.8. The SMILES string of the molecule is CC1CCNC(CNC(=O)C23CCC(NC(=O)COC4CCC(Cl)C(F)C4)(CC2)CC3O)C1. The van der Waals surface area contributed by atoms with Gasteiger partial charge in [-0.1, -0.05) is 6.92 Å². The van der Waals surface area contributed by atoms with Crippen molar-refractivity contribution < 1.29 is 23.8 Å². The number of carbonyl (C=O) groups is 2. The highest BCUT2D eigenvalue weighted by Crippen LogP contribution is 2.52. The third kappa shape index (κ3) is 5.65. The summed E-state index contributed by atoms with van der Waals surface area (Å²) in [6.45, 7) is 3.67. The Morgan fingerprint density at radius 2 is 1.94 bits per heavy atom. The van der Waals surface area contributed by atoms with E-state index in [0.717, 1.165) is 19.4 Å². The Morgan fingerprint density at radius 1 is 1.18 bits per heavy atom. The van der Waals surface area contributed by atoms with Crippen LogP contribution in [0.4, 0.5) is 4.39 Å². The molecule has 0 aromatic heterocycles. The van der Waals surface area contributed by atoms with E-state index in [4.69, 9.17) is 16.3 Å². The van der Waals surface area contributed by atoms with Crippen LogP contribution >= 0.6 is 11.6 Å². The van der Waals surface area contributed by atoms with Crippen LogP contribution in [-0.4, -0.2) is 72.0 Å². The van der Waals surface area contributed by atoms with Gasteiger partial charge in [0.05, 0.1) is 23.0 Å². The number of ether oxygens (including phenoxy) is 1. The van der Waals surface area contributed by atoms with Crippen LogP contribution < -0.4 is 16.0 Å². The predicted octanol–water partition coefficient (Wildman–Crippen LogP) is 2.19. The van der Waals surface area contributed by atoms with E-state index >= 15 is 0 Å². The first kappa shape index (κ1) is 25.1. The lowest BCUT2D eigenvalue weighted by atomic mass is 9.55. The van der Waals surface area contributed by atoms with Gasteiger partial charge in [0.25, 0.3) is 0 Å². The molecule has 1 saturated heterocycles. The van der Waals surface area contributed by atoms with E-state index in [1.54, 1.807) is 0 Å². The lowest BCUT2D eigenvalue weighted by molar-refractivity contribution is -0.157. The van der Waals surface area contributed by atoms with Crippen molar-refractivity contribution in [3.63, 3.8) is 0 Å². The smallest absolute Gasteiger partial charge is 0.246 e. The van der Waals surface area contributed by atoms with Crippen molar-refractivity contribution >= 4 is 23.4 Å². The molecule has 6 unspecified atom stereocenters. The molecule has 4 N–H and O–H groups in total. The van der Waals surface area contributed by atoms with Crippen molar-refractivity contribution in [3.8, 4) is 0 Å². The molecule has 4 aliphatic carbocycles. The normalized spacial score (nSPS) is 43.2. The van der Waals surface area contributed by atoms with Gasteiger partial charge in [0.1, 0.15) is 12.8 Å². The summed E-state index contributed by atoms with van der Waals surface area (Å²) in [6, 6.07) is 0.281. The fourth-order valence-electron chi connectivity index (χ4n) is 6.32. The number of alkyl halides is 2. The maximum atomic E-state index is 13.8. The van der Waals surface area contributed by atoms with E-state index in [2.05, 4.69) is 22.9 Å². The van der Waals surface area contributed by atoms with Gasteiger partial charge < -0.3 is 25.8 Å². The topological polar surface area (TPSA) is 99.7 Å². The third-order valence-corrected chi connectivity index (χ3v) is 9.03. The van der Waals surface area contributed by atoms with Crippen LogP contribution in [0.25, 0.3) is 0 Å². The summed E-state index contributed by atoms with van der Waals surface area (Å²) in [5, 5.41) is 20.1. The van der Waals surface area contributed by atoms with Crippen LogP contribution in [0, 0.1) is 11.3 Å². The molecular weight excluding hydrogens is 449 g/mol. The van der Waals surface area contributed by atoms with Gasteiger partial charge in [-0.15, -0.1) is 11.6 Å². The molecule has 5 fully saturated rings. The summed E-state index contributed by atoms with van der Waals surface area (Å²) in [6.07, 6.45) is 4.25. The van der Waals surface area contributed by atoms with Crippen LogP contribution in [-0.2, 0) is 14.3 Å². The van der Waals surface area contributed by atoms with Crippen molar-refractivity contribution in [1.82, 2.24) is 16.0 Å². The number of fused-ring (bicyclic) bond motifs is 3. The molecule has 33 heavy (non-hydrogen) atoms. The van der Waals surface area contributed by atoms with Gasteiger partial charge in [0.15, 0.2) is 0 Å². The standard InChI is InChI=1S/C24H39ClFN3O4/c1-15-4-9-27-16(10-15)13-28-22(32)24-7-5-23(6-8-24,12-20(24)30)29-21(31)14-33-17-2-3-18(25)19(26)11-17/h15-20,27,30H,2-14H2,1H3,(H,28,32)(H,29,31). The van der Waals surface area contributed by atoms with Crippen molar-refractivity contribution in [2.24, 2.45) is 11.3 Å². The average molecular weight is 488 g/mol. The first-order valence-electron chi connectivity index (χ1n) is 12.6. The zero-order valence-electron chi connectivity index (χ0n) is 19.6. The van der Waals surface area contributed by atoms with Gasteiger partial charge in [0, 0.05) is 24.5 Å². The molecule has 0 radical (unpaired) electrons. The number of nitrogens with one attached hydrogen (secondary N) is 3. The van der Waals surface area contributed by atoms with Crippen LogP contribution in [0.1, 0.15) is 71.1 Å². The Labute approximate surface area is 200 Å². The van der Waals surface area contributed by atoms with Crippen LogP contribution in [0.3, 0.4) is 0 Å². The first-order chi connectivity index (χ1) is 15.7. The van der Waals surface area contributed by atoms with Crippen molar-refractivity contribution in [3.05, 3.63) is 0 Å². The van der Waals surface area contributed by atoms with Gasteiger partial charge in [-0.2, -0.15) is 0 Å². The predicted molar refractivity (Wildman–Crippen MR) is 124 cm³/mol. The van der Waals surface area contributed by atoms with Gasteiger partial charge in [0.2, 0.25) is 11.8 Å². The Morgan fingerprint density at radius 3 is 2.61 bits per heavy atom. The van der Waals surface area contributed by atoms with E-state index in [1.165, 1.54) is 0 Å². The van der Waals surface area contributed by atoms with Gasteiger partial charge in [-0.05, 0) is 70.3 Å². The summed E-state index contributed by atoms with van der Waals surface area (Å²) in [4.78, 5) is 25.7. The second kappa shape index (κ2) is 10.3. The molecule has 5 rings (SSSR count). The number of halogens is 2.